The lowest BCUT2D eigenvalue weighted by Crippen LogP contribution is -2.63. The lowest BCUT2D eigenvalue weighted by Gasteiger charge is -2.40. The van der Waals surface area contributed by atoms with Crippen LogP contribution >= 0.6 is 0 Å². The van der Waals surface area contributed by atoms with Gasteiger partial charge in [0.05, 0.1) is 44.3 Å². The number of guanidine groups is 1. The summed E-state index contributed by atoms with van der Waals surface area (Å²) >= 11 is 0. The van der Waals surface area contributed by atoms with Gasteiger partial charge >= 0.3 is 24.0 Å². The number of ether oxygens (including phenoxy) is 7. The van der Waals surface area contributed by atoms with Crippen LogP contribution in [0.4, 0.5) is 4.79 Å². The summed E-state index contributed by atoms with van der Waals surface area (Å²) in [5.74, 6) is -10.2. The Morgan fingerprint density at radius 3 is 1.44 bits per heavy atom. The quantitative estimate of drug-likeness (QED) is 0.00323. The van der Waals surface area contributed by atoms with E-state index >= 15 is 33.6 Å². The molecule has 1 saturated heterocycles. The number of nitrogens with one attached hydrogen (secondary N) is 11. The van der Waals surface area contributed by atoms with Gasteiger partial charge in [-0.3, -0.25) is 39.0 Å². The van der Waals surface area contributed by atoms with Gasteiger partial charge < -0.3 is 100 Å². The van der Waals surface area contributed by atoms with Gasteiger partial charge in [-0.05, 0) is 137 Å². The van der Waals surface area contributed by atoms with Gasteiger partial charge in [-0.15, -0.1) is 0 Å². The summed E-state index contributed by atoms with van der Waals surface area (Å²) in [6.07, 6.45) is -7.66. The van der Waals surface area contributed by atoms with E-state index in [4.69, 9.17) is 42.0 Å². The van der Waals surface area contributed by atoms with Crippen LogP contribution < -0.4 is 67.4 Å². The fourth-order valence-electron chi connectivity index (χ4n) is 14.4. The lowest BCUT2D eigenvalue weighted by molar-refractivity contribution is -0.164. The highest BCUT2D eigenvalue weighted by Gasteiger charge is 2.50. The van der Waals surface area contributed by atoms with Crippen LogP contribution in [0.25, 0.3) is 0 Å². The van der Waals surface area contributed by atoms with E-state index in [1.807, 2.05) is 175 Å². The van der Waals surface area contributed by atoms with Crippen LogP contribution in [0.3, 0.4) is 0 Å². The average molecular weight is 1920 g/mol. The lowest BCUT2D eigenvalue weighted by atomic mass is 9.77. The number of unbranched alkanes of at least 4 members (excludes halogenated alkanes) is 1. The molecule has 1 heterocycles. The first kappa shape index (κ1) is 106. The van der Waals surface area contributed by atoms with Gasteiger partial charge in [0.2, 0.25) is 35.4 Å². The molecule has 732 valence electrons. The minimum absolute atomic E-state index is 0.0353. The summed E-state index contributed by atoms with van der Waals surface area (Å²) in [6, 6.07) is 66.6. The van der Waals surface area contributed by atoms with Crippen molar-refractivity contribution in [2.45, 2.75) is 203 Å². The van der Waals surface area contributed by atoms with Gasteiger partial charge in [-0.2, -0.15) is 0 Å². The Hall–Kier alpha value is -14.1. The Bertz CT molecular complexity index is 5480. The van der Waals surface area contributed by atoms with E-state index in [1.165, 1.54) is 0 Å². The maximum atomic E-state index is 15.7. The van der Waals surface area contributed by atoms with Crippen molar-refractivity contribution < 1.29 is 99.9 Å². The Balaban J connectivity index is 0.964. The smallest absolute Gasteiger partial charge is 0.407 e. The van der Waals surface area contributed by atoms with Crippen molar-refractivity contribution in [1.82, 2.24) is 53.2 Å². The number of alkyl carbamates (subject to hydrolysis) is 1. The largest absolute Gasteiger partial charge is 0.497 e. The minimum atomic E-state index is -3.32. The molecule has 34 heteroatoms. The number of aliphatic hydroxyl groups excluding tert-OH is 1. The number of hydrogen-bond acceptors (Lipinski definition) is 22. The van der Waals surface area contributed by atoms with E-state index < -0.39 is 172 Å². The zero-order valence-electron chi connectivity index (χ0n) is 79.8. The second-order valence-electron chi connectivity index (χ2n) is 36.4. The van der Waals surface area contributed by atoms with Gasteiger partial charge in [0, 0.05) is 13.1 Å². The van der Waals surface area contributed by atoms with Crippen LogP contribution in [-0.2, 0) is 110 Å². The highest BCUT2D eigenvalue weighted by atomic mass is 28.4. The molecule has 0 saturated carbocycles. The molecule has 12 N–H and O–H groups in total. The summed E-state index contributed by atoms with van der Waals surface area (Å²) < 4.78 is 55.0. The van der Waals surface area contributed by atoms with Crippen LogP contribution in [0.2, 0.25) is 36.3 Å². The minimum Gasteiger partial charge on any atom is -0.497 e. The standard InChI is InChI=1S/C104H127N11O21Si2/c1-102(2,3)137(8,9)135-91(98(125)131-66-72-41-23-14-24-42-72)88-96(123)109-63-87(119)113-89(92(136-138(10,11)103(4,5)6)99(126)132-67-73-43-25-15-26-44-73)97(124)133-69-82(94(121)108-62-86(118)110-81(95(122)114-88)53-36-60-107-100(105)115-104(75-47-29-17-30-48-75,76-49-31-18-32-50-76)77-55-57-78(128-7)58-56-77)111-85(117)61-83(116)80(112-101(127)134-68-74-45-27-16-28-46-74)52-33-34-59-106-93(120)79-51-35-54-84(129-64-70-37-19-12-20-38-70)90(79)130-65-71-39-21-13-22-40-71/h12-32,35,37-51,54-58,80-83,88-89,91-92,116H,33-34,36,52-53,59-69H2,1-11H3,(H,106,120)(H,108,121)(H,109,123)(H,110,118)(H,111,117)(H,112,127)(H,113,119)(H,114,122)(H3,105,107,115)/t80-,81-,82+,83+,88-,89+,91?,92?/m0/s1. The Kier molecular flexibility index (Phi) is 39.3. The molecule has 138 heavy (non-hydrogen) atoms. The maximum absolute atomic E-state index is 15.7. The second-order valence-corrected chi connectivity index (χ2v) is 45.9. The maximum Gasteiger partial charge on any atom is 0.407 e. The van der Waals surface area contributed by atoms with Gasteiger partial charge in [0.25, 0.3) is 5.91 Å². The van der Waals surface area contributed by atoms with E-state index in [0.717, 1.165) is 27.8 Å². The zero-order valence-corrected chi connectivity index (χ0v) is 81.8. The molecule has 8 atom stereocenters. The highest BCUT2D eigenvalue weighted by Crippen LogP contribution is 2.42. The molecule has 8 amide bonds. The number of benzene rings is 9. The van der Waals surface area contributed by atoms with Crippen molar-refractivity contribution in [2.24, 2.45) is 0 Å². The molecule has 32 nitrogen and oxygen atoms in total. The third-order valence-electron chi connectivity index (χ3n) is 24.2. The van der Waals surface area contributed by atoms with Gasteiger partial charge in [0.1, 0.15) is 69.1 Å². The predicted octanol–water partition coefficient (Wildman–Crippen LogP) is 11.7. The summed E-state index contributed by atoms with van der Waals surface area (Å²) in [5.41, 5.74) is 4.61. The second kappa shape index (κ2) is 51.2. The molecule has 9 aromatic carbocycles. The fraction of sp³-hybridized carbons (Fsp3) is 0.365. The molecule has 0 aliphatic carbocycles. The molecular formula is C104H127N11O21Si2. The van der Waals surface area contributed by atoms with E-state index in [1.54, 1.807) is 155 Å². The SMILES string of the molecule is COc1ccc(C(NC(=N)NCCC[C@@H]2NC(=O)CNC(=O)[C@H](NC(=O)C[C@@H](O)[C@H](CCCCNC(=O)c3cccc(OCc4ccccc4)c3OCc3ccccc3)NC(=O)OCc3ccccc3)COC(=O)[C@@H](C(O[Si](C)(C)C(C)(C)C)C(=O)OCc3ccccc3)NC(=O)CNC(=O)[C@H](C(O[Si](C)(C)C(C)(C)C)C(=O)OCc3ccccc3)NC2=O)(c2ccccc2)c2ccccc2)cc1. The summed E-state index contributed by atoms with van der Waals surface area (Å²) in [6.45, 7) is 14.3. The number of carbonyl (C=O) groups excluding carboxylic acids is 11. The van der Waals surface area contributed by atoms with Crippen molar-refractivity contribution in [3.05, 3.63) is 305 Å². The molecule has 2 unspecified atom stereocenters. The molecule has 1 aliphatic rings. The molecule has 1 aliphatic heterocycles. The molecule has 10 rings (SSSR count). The predicted molar refractivity (Wildman–Crippen MR) is 524 cm³/mol. The van der Waals surface area contributed by atoms with Crippen molar-refractivity contribution in [2.75, 3.05) is 39.9 Å². The molecule has 0 bridgehead atoms. The topological polar surface area (TPSA) is 435 Å². The van der Waals surface area contributed by atoms with Crippen LogP contribution in [0.5, 0.6) is 17.2 Å². The Labute approximate surface area is 807 Å². The zero-order chi connectivity index (χ0) is 99.4. The van der Waals surface area contributed by atoms with E-state index in [0.29, 0.717) is 28.2 Å². The van der Waals surface area contributed by atoms with Gasteiger partial charge in [0.15, 0.2) is 52.3 Å². The van der Waals surface area contributed by atoms with E-state index in [-0.39, 0.29) is 95.5 Å². The van der Waals surface area contributed by atoms with Crippen LogP contribution in [0.15, 0.2) is 255 Å². The fourth-order valence-corrected chi connectivity index (χ4v) is 16.8. The number of amides is 8. The van der Waals surface area contributed by atoms with Crippen molar-refractivity contribution in [3.63, 3.8) is 0 Å². The normalized spacial score (nSPS) is 16.4. The van der Waals surface area contributed by atoms with Gasteiger partial charge in [-0.1, -0.05) is 272 Å². The molecule has 1 fully saturated rings. The number of esters is 3. The number of para-hydroxylation sites is 1. The number of methoxy groups -OCH3 is 1. The van der Waals surface area contributed by atoms with Crippen molar-refractivity contribution >= 4 is 87.9 Å². The molecule has 9 aromatic rings. The third kappa shape index (κ3) is 31.5. The van der Waals surface area contributed by atoms with E-state index in [2.05, 4.69) is 53.2 Å². The van der Waals surface area contributed by atoms with Crippen LogP contribution in [-0.4, -0.2) is 181 Å². The van der Waals surface area contributed by atoms with E-state index in [9.17, 15) is 29.7 Å². The number of aliphatic hydroxyl groups is 1. The molecule has 0 radical (unpaired) electrons. The number of rotatable bonds is 40. The summed E-state index contributed by atoms with van der Waals surface area (Å²) in [5, 5.41) is 47.9. The molecule has 0 aromatic heterocycles. The van der Waals surface area contributed by atoms with Gasteiger partial charge in [-0.25, -0.2) is 19.2 Å². The Morgan fingerprint density at radius 1 is 0.493 bits per heavy atom. The first-order chi connectivity index (χ1) is 66.0. The average Bonchev–Trinajstić information content (AvgIpc) is 0.743. The van der Waals surface area contributed by atoms with Crippen molar-refractivity contribution in [3.8, 4) is 17.2 Å². The summed E-state index contributed by atoms with van der Waals surface area (Å²) in [7, 11) is -5.05. The van der Waals surface area contributed by atoms with Crippen LogP contribution in [0, 0.1) is 5.41 Å². The number of carbonyl (C=O) groups is 11. The molecular weight excluding hydrogens is 1800 g/mol. The first-order valence-corrected chi connectivity index (χ1v) is 51.8. The summed E-state index contributed by atoms with van der Waals surface area (Å²) in [4.78, 5) is 165. The number of cyclic esters (lactones) is 1. The first-order valence-electron chi connectivity index (χ1n) is 45.9. The third-order valence-corrected chi connectivity index (χ3v) is 33.1. The highest BCUT2D eigenvalue weighted by molar-refractivity contribution is 6.74. The van der Waals surface area contributed by atoms with Crippen molar-refractivity contribution in [1.29, 1.82) is 5.41 Å². The monoisotopic (exact) mass is 1920 g/mol. The van der Waals surface area contributed by atoms with Crippen LogP contribution in [0.1, 0.15) is 135 Å². The number of hydrogen-bond donors (Lipinski definition) is 12. The molecule has 0 spiro atoms. The Morgan fingerprint density at radius 2 is 0.942 bits per heavy atom.